The van der Waals surface area contributed by atoms with Crippen LogP contribution >= 0.6 is 34.0 Å². The van der Waals surface area contributed by atoms with Gasteiger partial charge in [0.25, 0.3) is 0 Å². The SMILES string of the molecule is CC(C)c1cc2ccccc2s1.CC(C)c1ccc2ccccc2n1.CC(C)c1ccc2nccnc2c1.CC(C)c1nc2ccccc2s1.Cc1c(C(C)C)sc2ccccc12. The second-order valence-corrected chi connectivity index (χ2v) is 20.6. The van der Waals surface area contributed by atoms with Crippen LogP contribution in [-0.4, -0.2) is 19.9 Å². The average Bonchev–Trinajstić information content (AvgIpc) is 4.03. The molecule has 0 N–H and O–H groups in total. The summed E-state index contributed by atoms with van der Waals surface area (Å²) in [7, 11) is 0. The molecule has 10 rings (SSSR count). The highest BCUT2D eigenvalue weighted by Gasteiger charge is 2.10. The molecular weight excluding hydrogens is 825 g/mol. The number of para-hydroxylation sites is 2. The van der Waals surface area contributed by atoms with Gasteiger partial charge < -0.3 is 0 Å². The van der Waals surface area contributed by atoms with Gasteiger partial charge in [0, 0.05) is 48.5 Å². The lowest BCUT2D eigenvalue weighted by Crippen LogP contribution is -1.91. The van der Waals surface area contributed by atoms with Gasteiger partial charge in [0.2, 0.25) is 0 Å². The lowest BCUT2D eigenvalue weighted by Gasteiger charge is -2.04. The van der Waals surface area contributed by atoms with E-state index in [-0.39, 0.29) is 0 Å². The minimum atomic E-state index is 0.504. The summed E-state index contributed by atoms with van der Waals surface area (Å²) >= 11 is 5.63. The van der Waals surface area contributed by atoms with Crippen LogP contribution in [-0.2, 0) is 0 Å². The van der Waals surface area contributed by atoms with E-state index in [1.807, 2.05) is 46.9 Å². The molecule has 0 fully saturated rings. The number of hydrogen-bond donors (Lipinski definition) is 0. The van der Waals surface area contributed by atoms with E-state index < -0.39 is 0 Å². The molecule has 0 unspecified atom stereocenters. The molecule has 0 radical (unpaired) electrons. The Morgan fingerprint density at radius 2 is 1.03 bits per heavy atom. The van der Waals surface area contributed by atoms with Gasteiger partial charge >= 0.3 is 0 Å². The Balaban J connectivity index is 0.000000131. The zero-order valence-electron chi connectivity index (χ0n) is 38.8. The average molecular weight is 887 g/mol. The summed E-state index contributed by atoms with van der Waals surface area (Å²) < 4.78 is 4.12. The molecule has 0 atom stereocenters. The molecule has 4 nitrogen and oxygen atoms in total. The maximum atomic E-state index is 4.57. The maximum Gasteiger partial charge on any atom is 0.0963 e. The number of fused-ring (bicyclic) bond motifs is 5. The van der Waals surface area contributed by atoms with E-state index in [4.69, 9.17) is 0 Å². The molecule has 0 aliphatic rings. The molecule has 5 aromatic heterocycles. The van der Waals surface area contributed by atoms with Gasteiger partial charge in [0.1, 0.15) is 0 Å². The molecular formula is C56H62N4S3. The van der Waals surface area contributed by atoms with Crippen molar-refractivity contribution >= 4 is 86.3 Å². The molecule has 0 spiro atoms. The number of pyridine rings is 1. The van der Waals surface area contributed by atoms with Crippen LogP contribution < -0.4 is 0 Å². The van der Waals surface area contributed by atoms with Crippen LogP contribution in [0.1, 0.15) is 130 Å². The van der Waals surface area contributed by atoms with Crippen LogP contribution in [0.2, 0.25) is 0 Å². The Kier molecular flexibility index (Phi) is 16.7. The van der Waals surface area contributed by atoms with Crippen molar-refractivity contribution in [3.63, 3.8) is 0 Å². The van der Waals surface area contributed by atoms with Crippen molar-refractivity contribution in [1.29, 1.82) is 0 Å². The molecule has 0 aliphatic carbocycles. The predicted octanol–water partition coefficient (Wildman–Crippen LogP) is 17.9. The van der Waals surface area contributed by atoms with Gasteiger partial charge in [-0.25, -0.2) is 4.98 Å². The number of benzene rings is 5. The molecule has 7 heteroatoms. The third-order valence-electron chi connectivity index (χ3n) is 10.6. The van der Waals surface area contributed by atoms with Gasteiger partial charge in [-0.05, 0) is 107 Å². The molecule has 10 aromatic rings. The van der Waals surface area contributed by atoms with Gasteiger partial charge in [-0.15, -0.1) is 34.0 Å². The first-order valence-electron chi connectivity index (χ1n) is 22.2. The summed E-state index contributed by atoms with van der Waals surface area (Å²) in [6.07, 6.45) is 3.45. The Hall–Kier alpha value is -5.34. The molecule has 0 amide bonds. The summed E-state index contributed by atoms with van der Waals surface area (Å²) in [6.45, 7) is 24.3. The van der Waals surface area contributed by atoms with Crippen molar-refractivity contribution in [1.82, 2.24) is 19.9 Å². The fourth-order valence-corrected chi connectivity index (χ4v) is 10.2. The van der Waals surface area contributed by atoms with Gasteiger partial charge in [0.05, 0.1) is 31.8 Å². The molecule has 0 saturated heterocycles. The highest BCUT2D eigenvalue weighted by molar-refractivity contribution is 7.19. The van der Waals surface area contributed by atoms with Gasteiger partial charge in [-0.3, -0.25) is 15.0 Å². The highest BCUT2D eigenvalue weighted by atomic mass is 32.1. The molecule has 5 aromatic carbocycles. The summed E-state index contributed by atoms with van der Waals surface area (Å²) in [5.74, 6) is 2.90. The lowest BCUT2D eigenvalue weighted by atomic mass is 10.0. The second-order valence-electron chi connectivity index (χ2n) is 17.3. The zero-order chi connectivity index (χ0) is 45.0. The molecule has 324 valence electrons. The maximum absolute atomic E-state index is 4.57. The van der Waals surface area contributed by atoms with Crippen LogP contribution in [0.5, 0.6) is 0 Å². The van der Waals surface area contributed by atoms with E-state index in [1.54, 1.807) is 23.7 Å². The van der Waals surface area contributed by atoms with Gasteiger partial charge in [-0.1, -0.05) is 148 Å². The summed E-state index contributed by atoms with van der Waals surface area (Å²) in [5, 5.41) is 5.26. The summed E-state index contributed by atoms with van der Waals surface area (Å²) in [6, 6.07) is 46.5. The summed E-state index contributed by atoms with van der Waals surface area (Å²) in [5.41, 5.74) is 8.11. The van der Waals surface area contributed by atoms with Crippen molar-refractivity contribution in [3.05, 3.63) is 177 Å². The van der Waals surface area contributed by atoms with Crippen molar-refractivity contribution < 1.29 is 0 Å². The molecule has 5 heterocycles. The van der Waals surface area contributed by atoms with E-state index in [1.165, 1.54) is 61.8 Å². The van der Waals surface area contributed by atoms with Crippen LogP contribution in [0.4, 0.5) is 0 Å². The van der Waals surface area contributed by atoms with Crippen molar-refractivity contribution in [3.8, 4) is 0 Å². The number of thiazole rings is 1. The molecule has 0 aliphatic heterocycles. The lowest BCUT2D eigenvalue weighted by molar-refractivity contribution is 0.830. The molecule has 0 saturated carbocycles. The largest absolute Gasteiger partial charge is 0.253 e. The third-order valence-corrected chi connectivity index (χ3v) is 14.9. The zero-order valence-corrected chi connectivity index (χ0v) is 41.2. The van der Waals surface area contributed by atoms with Crippen LogP contribution in [0.3, 0.4) is 0 Å². The van der Waals surface area contributed by atoms with Crippen LogP contribution in [0, 0.1) is 6.92 Å². The minimum Gasteiger partial charge on any atom is -0.253 e. The summed E-state index contributed by atoms with van der Waals surface area (Å²) in [4.78, 5) is 20.6. The van der Waals surface area contributed by atoms with Crippen molar-refractivity contribution in [2.45, 2.75) is 106 Å². The number of aryl methyl sites for hydroxylation is 1. The van der Waals surface area contributed by atoms with E-state index in [2.05, 4.69) is 205 Å². The quantitative estimate of drug-likeness (QED) is 0.173. The van der Waals surface area contributed by atoms with Crippen LogP contribution in [0.15, 0.2) is 146 Å². The van der Waals surface area contributed by atoms with Crippen molar-refractivity contribution in [2.24, 2.45) is 0 Å². The first-order chi connectivity index (χ1) is 30.3. The van der Waals surface area contributed by atoms with Crippen molar-refractivity contribution in [2.75, 3.05) is 0 Å². The topological polar surface area (TPSA) is 51.6 Å². The minimum absolute atomic E-state index is 0.504. The first kappa shape index (κ1) is 47.1. The third kappa shape index (κ3) is 12.7. The number of thiophene rings is 2. The second kappa shape index (κ2) is 22.3. The standard InChI is InChI=1S/C12H13N.C12H14S.C11H12N2.C11H12S.C10H11NS/c1-9(2)11-8-7-10-5-3-4-6-12(10)13-11;1-8(2)12-9(3)10-6-4-5-7-11(10)13-12;1-8(2)9-3-4-10-11(7-9)13-6-5-12-10;1-8(2)11-7-9-5-3-4-6-10(9)12-11;1-7(2)10-11-8-5-3-4-6-9(8)12-10/h3-9H,1-2H3;4-8H,1-3H3;3-8H,1-2H3;3-8H,1-2H3;3-7H,1-2H3. The normalized spacial score (nSPS) is 11.2. The first-order valence-corrected chi connectivity index (χ1v) is 24.6. The van der Waals surface area contributed by atoms with E-state index in [9.17, 15) is 0 Å². The predicted molar refractivity (Wildman–Crippen MR) is 280 cm³/mol. The Morgan fingerprint density at radius 1 is 0.413 bits per heavy atom. The highest BCUT2D eigenvalue weighted by Crippen LogP contribution is 2.35. The number of hydrogen-bond acceptors (Lipinski definition) is 7. The number of aromatic nitrogens is 4. The van der Waals surface area contributed by atoms with Gasteiger partial charge in [0.15, 0.2) is 0 Å². The Labute approximate surface area is 387 Å². The molecule has 63 heavy (non-hydrogen) atoms. The van der Waals surface area contributed by atoms with Gasteiger partial charge in [-0.2, -0.15) is 0 Å². The monoisotopic (exact) mass is 886 g/mol. The fraction of sp³-hybridized carbons (Fsp3) is 0.286. The number of rotatable bonds is 5. The fourth-order valence-electron chi connectivity index (χ4n) is 6.91. The Bertz CT molecular complexity index is 2760. The Morgan fingerprint density at radius 3 is 1.65 bits per heavy atom. The van der Waals surface area contributed by atoms with Crippen LogP contribution in [0.25, 0.3) is 52.3 Å². The smallest absolute Gasteiger partial charge is 0.0963 e. The number of nitrogens with zero attached hydrogens (tertiary/aromatic N) is 4. The van der Waals surface area contributed by atoms with E-state index in [0.717, 1.165) is 22.1 Å². The van der Waals surface area contributed by atoms with E-state index in [0.29, 0.717) is 29.6 Å². The molecule has 0 bridgehead atoms. The van der Waals surface area contributed by atoms with E-state index >= 15 is 0 Å².